The molecule has 1 aliphatic heterocycles. The van der Waals surface area contributed by atoms with Crippen LogP contribution in [0.1, 0.15) is 32.3 Å². The second kappa shape index (κ2) is 7.94. The topological polar surface area (TPSA) is 75.3 Å². The Morgan fingerprint density at radius 3 is 2.73 bits per heavy atom. The number of hydrogen-bond donors (Lipinski definition) is 2. The monoisotopic (exact) mass is 346 g/mol. The van der Waals surface area contributed by atoms with Crippen molar-refractivity contribution in [2.75, 3.05) is 11.9 Å². The first-order valence-corrected chi connectivity index (χ1v) is 8.95. The summed E-state index contributed by atoms with van der Waals surface area (Å²) in [4.78, 5) is 12.0. The van der Waals surface area contributed by atoms with Crippen LogP contribution in [0.5, 0.6) is 0 Å². The molecule has 2 N–H and O–H groups in total. The van der Waals surface area contributed by atoms with Crippen molar-refractivity contribution in [3.63, 3.8) is 0 Å². The van der Waals surface area contributed by atoms with Gasteiger partial charge in [0, 0.05) is 5.69 Å². The van der Waals surface area contributed by atoms with Gasteiger partial charge >= 0.3 is 0 Å². The van der Waals surface area contributed by atoms with Gasteiger partial charge in [0.2, 0.25) is 5.91 Å². The van der Waals surface area contributed by atoms with Crippen molar-refractivity contribution in [2.24, 2.45) is 0 Å². The second-order valence-electron chi connectivity index (χ2n) is 5.69. The van der Waals surface area contributed by atoms with Gasteiger partial charge in [-0.1, -0.05) is 12.1 Å². The molecule has 1 saturated heterocycles. The molecule has 22 heavy (non-hydrogen) atoms. The molecule has 7 heteroatoms. The van der Waals surface area contributed by atoms with Crippen molar-refractivity contribution in [1.82, 2.24) is 5.32 Å². The fourth-order valence-electron chi connectivity index (χ4n) is 2.28. The van der Waals surface area contributed by atoms with Gasteiger partial charge in [0.15, 0.2) is 9.84 Å². The molecule has 0 spiro atoms. The average Bonchev–Trinajstić information content (AvgIpc) is 2.92. The normalized spacial score (nSPS) is 18.0. The number of carbonyl (C=O) groups excluding carboxylic acids is 1. The van der Waals surface area contributed by atoms with Gasteiger partial charge in [-0.05, 0) is 50.9 Å². The van der Waals surface area contributed by atoms with Gasteiger partial charge in [-0.25, -0.2) is 8.42 Å². The van der Waals surface area contributed by atoms with E-state index in [9.17, 15) is 13.2 Å². The molecule has 1 aliphatic rings. The van der Waals surface area contributed by atoms with E-state index in [2.05, 4.69) is 10.6 Å². The number of amides is 1. The van der Waals surface area contributed by atoms with E-state index in [1.807, 2.05) is 0 Å². The van der Waals surface area contributed by atoms with Crippen LogP contribution in [0.3, 0.4) is 0 Å². The van der Waals surface area contributed by atoms with Crippen LogP contribution in [0.25, 0.3) is 0 Å². The first-order valence-electron chi connectivity index (χ1n) is 7.23. The second-order valence-corrected chi connectivity index (χ2v) is 8.25. The molecule has 0 bridgehead atoms. The molecular weight excluding hydrogens is 324 g/mol. The van der Waals surface area contributed by atoms with Gasteiger partial charge in [-0.2, -0.15) is 0 Å². The van der Waals surface area contributed by atoms with E-state index in [1.54, 1.807) is 38.1 Å². The average molecular weight is 347 g/mol. The first-order chi connectivity index (χ1) is 9.88. The van der Waals surface area contributed by atoms with Crippen molar-refractivity contribution in [1.29, 1.82) is 0 Å². The maximum atomic E-state index is 12.0. The standard InChI is InChI=1S/C15H22N2O3S.ClH/c1-11(2)21(19,20)10-12-5-3-6-13(9-12)17-15(18)14-7-4-8-16-14;/h3,5-6,9,11,14,16H,4,7-8,10H2,1-2H3,(H,17,18);1H. The summed E-state index contributed by atoms with van der Waals surface area (Å²) in [6.07, 6.45) is 1.85. The maximum absolute atomic E-state index is 12.0. The Morgan fingerprint density at radius 2 is 2.14 bits per heavy atom. The molecule has 1 amide bonds. The molecule has 0 radical (unpaired) electrons. The summed E-state index contributed by atoms with van der Waals surface area (Å²) in [5, 5.41) is 5.58. The molecular formula is C15H23ClN2O3S. The number of anilines is 1. The van der Waals surface area contributed by atoms with Crippen molar-refractivity contribution in [3.8, 4) is 0 Å². The van der Waals surface area contributed by atoms with Crippen LogP contribution in [0.2, 0.25) is 0 Å². The molecule has 2 rings (SSSR count). The molecule has 124 valence electrons. The van der Waals surface area contributed by atoms with Gasteiger partial charge in [0.05, 0.1) is 17.0 Å². The van der Waals surface area contributed by atoms with Gasteiger partial charge in [-0.3, -0.25) is 4.79 Å². The highest BCUT2D eigenvalue weighted by atomic mass is 35.5. The summed E-state index contributed by atoms with van der Waals surface area (Å²) < 4.78 is 23.9. The van der Waals surface area contributed by atoms with E-state index >= 15 is 0 Å². The molecule has 1 atom stereocenters. The lowest BCUT2D eigenvalue weighted by Gasteiger charge is -2.12. The largest absolute Gasteiger partial charge is 0.325 e. The summed E-state index contributed by atoms with van der Waals surface area (Å²) in [6, 6.07) is 6.89. The molecule has 1 aromatic rings. The minimum atomic E-state index is -3.14. The minimum Gasteiger partial charge on any atom is -0.325 e. The Kier molecular flexibility index (Phi) is 6.84. The predicted octanol–water partition coefficient (Wildman–Crippen LogP) is 2.12. The highest BCUT2D eigenvalue weighted by Crippen LogP contribution is 2.17. The summed E-state index contributed by atoms with van der Waals surface area (Å²) in [5.41, 5.74) is 1.34. The van der Waals surface area contributed by atoms with Crippen LogP contribution in [-0.2, 0) is 20.4 Å². The zero-order valence-electron chi connectivity index (χ0n) is 12.8. The number of carbonyl (C=O) groups is 1. The third kappa shape index (κ3) is 4.97. The van der Waals surface area contributed by atoms with Crippen molar-refractivity contribution < 1.29 is 13.2 Å². The molecule has 1 unspecified atom stereocenters. The van der Waals surface area contributed by atoms with Gasteiger partial charge in [0.1, 0.15) is 0 Å². The Labute approximate surface area is 138 Å². The first kappa shape index (κ1) is 18.9. The highest BCUT2D eigenvalue weighted by Gasteiger charge is 2.22. The summed E-state index contributed by atoms with van der Waals surface area (Å²) in [6.45, 7) is 4.21. The van der Waals surface area contributed by atoms with E-state index in [-0.39, 0.29) is 30.1 Å². The van der Waals surface area contributed by atoms with Crippen LogP contribution >= 0.6 is 12.4 Å². The number of nitrogens with one attached hydrogen (secondary N) is 2. The Bertz CT molecular complexity index is 611. The zero-order chi connectivity index (χ0) is 15.5. The Morgan fingerprint density at radius 1 is 1.41 bits per heavy atom. The van der Waals surface area contributed by atoms with E-state index in [0.29, 0.717) is 11.3 Å². The smallest absolute Gasteiger partial charge is 0.241 e. The fraction of sp³-hybridized carbons (Fsp3) is 0.533. The lowest BCUT2D eigenvalue weighted by atomic mass is 10.2. The van der Waals surface area contributed by atoms with Gasteiger partial charge in [0.25, 0.3) is 0 Å². The lowest BCUT2D eigenvalue weighted by Crippen LogP contribution is -2.35. The quantitative estimate of drug-likeness (QED) is 0.856. The van der Waals surface area contributed by atoms with E-state index < -0.39 is 15.1 Å². The van der Waals surface area contributed by atoms with Crippen LogP contribution in [0, 0.1) is 0 Å². The van der Waals surface area contributed by atoms with Crippen molar-refractivity contribution in [2.45, 2.75) is 43.7 Å². The zero-order valence-corrected chi connectivity index (χ0v) is 14.5. The third-order valence-corrected chi connectivity index (χ3v) is 5.83. The molecule has 1 fully saturated rings. The Balaban J connectivity index is 0.00000242. The van der Waals surface area contributed by atoms with Crippen LogP contribution < -0.4 is 10.6 Å². The molecule has 0 aromatic heterocycles. The highest BCUT2D eigenvalue weighted by molar-refractivity contribution is 7.91. The van der Waals surface area contributed by atoms with E-state index in [0.717, 1.165) is 19.4 Å². The Hall–Kier alpha value is -1.11. The van der Waals surface area contributed by atoms with Crippen LogP contribution in [0.15, 0.2) is 24.3 Å². The third-order valence-electron chi connectivity index (χ3n) is 3.66. The van der Waals surface area contributed by atoms with E-state index in [4.69, 9.17) is 0 Å². The maximum Gasteiger partial charge on any atom is 0.241 e. The van der Waals surface area contributed by atoms with Crippen molar-refractivity contribution >= 4 is 33.8 Å². The molecule has 1 aromatic carbocycles. The summed E-state index contributed by atoms with van der Waals surface area (Å²) in [7, 11) is -3.14. The number of benzene rings is 1. The van der Waals surface area contributed by atoms with Crippen LogP contribution in [-0.4, -0.2) is 32.2 Å². The van der Waals surface area contributed by atoms with Gasteiger partial charge < -0.3 is 10.6 Å². The van der Waals surface area contributed by atoms with Crippen LogP contribution in [0.4, 0.5) is 5.69 Å². The molecule has 5 nitrogen and oxygen atoms in total. The predicted molar refractivity (Wildman–Crippen MR) is 91.1 cm³/mol. The molecule has 0 saturated carbocycles. The SMILES string of the molecule is CC(C)S(=O)(=O)Cc1cccc(NC(=O)C2CCCN2)c1.Cl. The van der Waals surface area contributed by atoms with Gasteiger partial charge in [-0.15, -0.1) is 12.4 Å². The summed E-state index contributed by atoms with van der Waals surface area (Å²) >= 11 is 0. The number of halogens is 1. The lowest BCUT2D eigenvalue weighted by molar-refractivity contribution is -0.117. The number of sulfone groups is 1. The number of rotatable bonds is 5. The molecule has 0 aliphatic carbocycles. The molecule has 1 heterocycles. The minimum absolute atomic E-state index is 0. The summed E-state index contributed by atoms with van der Waals surface area (Å²) in [5.74, 6) is -0.0628. The number of hydrogen-bond acceptors (Lipinski definition) is 4. The van der Waals surface area contributed by atoms with Crippen molar-refractivity contribution in [3.05, 3.63) is 29.8 Å². The van der Waals surface area contributed by atoms with E-state index in [1.165, 1.54) is 0 Å². The fourth-order valence-corrected chi connectivity index (χ4v) is 3.25.